The van der Waals surface area contributed by atoms with Gasteiger partial charge in [0.15, 0.2) is 0 Å². The lowest BCUT2D eigenvalue weighted by atomic mass is 9.69. The van der Waals surface area contributed by atoms with Gasteiger partial charge in [0.2, 0.25) is 10.0 Å². The molecular weight excluding hydrogens is 541 g/mol. The molecule has 4 aliphatic rings. The molecule has 9 heteroatoms. The van der Waals surface area contributed by atoms with Crippen LogP contribution in [-0.2, 0) is 19.6 Å². The maximum Gasteiger partial charge on any atom is 0.214 e. The quantitative estimate of drug-likeness (QED) is 0.430. The first-order valence-corrected chi connectivity index (χ1v) is 17.5. The van der Waals surface area contributed by atoms with Gasteiger partial charge in [-0.2, -0.15) is 4.31 Å². The Balaban J connectivity index is 1.26. The molecule has 1 aromatic rings. The molecule has 5 rings (SSSR count). The fourth-order valence-electron chi connectivity index (χ4n) is 8.22. The predicted octanol–water partition coefficient (Wildman–Crippen LogP) is 4.75. The first-order chi connectivity index (χ1) is 19.5. The van der Waals surface area contributed by atoms with E-state index in [1.165, 1.54) is 12.1 Å². The third-order valence-corrected chi connectivity index (χ3v) is 12.4. The number of hydrogen-bond donors (Lipinski definition) is 2. The van der Waals surface area contributed by atoms with E-state index in [-0.39, 0.29) is 52.8 Å². The topological polar surface area (TPSA) is 102 Å². The third kappa shape index (κ3) is 7.58. The van der Waals surface area contributed by atoms with Gasteiger partial charge in [0.05, 0.1) is 17.4 Å². The standard InChI is InChI=1S/C32H50FN3O4S/c1-32(2)19-25(15-16-40-32)30(23-9-12-26(33)13-10-23)31(34)29(37)18-24-7-4-3-6-22(24)11-14-28-20-35-27-8-5-17-41(38,39)36(28)21-27/h9-10,12-13,22,24-25,27-28,30-31,35H,3-8,11,14-21,34H2,1-2H3/t22-,24-,25+,27-,28+,30+,31-/m1/s1. The lowest BCUT2D eigenvalue weighted by Crippen LogP contribution is -2.57. The molecule has 0 spiro atoms. The van der Waals surface area contributed by atoms with Gasteiger partial charge in [-0.05, 0) is 94.2 Å². The van der Waals surface area contributed by atoms with E-state index in [4.69, 9.17) is 10.5 Å². The van der Waals surface area contributed by atoms with Gasteiger partial charge < -0.3 is 15.8 Å². The van der Waals surface area contributed by atoms with Gasteiger partial charge in [-0.3, -0.25) is 4.79 Å². The molecule has 1 aliphatic carbocycles. The van der Waals surface area contributed by atoms with Crippen molar-refractivity contribution in [1.29, 1.82) is 0 Å². The van der Waals surface area contributed by atoms with E-state index in [2.05, 4.69) is 19.2 Å². The minimum absolute atomic E-state index is 0.00498. The van der Waals surface area contributed by atoms with Gasteiger partial charge in [0, 0.05) is 44.1 Å². The molecule has 3 saturated heterocycles. The fraction of sp³-hybridized carbons (Fsp3) is 0.781. The molecular formula is C32H50FN3O4S. The Morgan fingerprint density at radius 2 is 1.83 bits per heavy atom. The highest BCUT2D eigenvalue weighted by Gasteiger charge is 2.41. The summed E-state index contributed by atoms with van der Waals surface area (Å²) in [4.78, 5) is 13.9. The van der Waals surface area contributed by atoms with Gasteiger partial charge in [0.1, 0.15) is 11.6 Å². The highest BCUT2D eigenvalue weighted by Crippen LogP contribution is 2.42. The zero-order chi connectivity index (χ0) is 29.2. The number of halogens is 1. The molecule has 41 heavy (non-hydrogen) atoms. The van der Waals surface area contributed by atoms with E-state index in [0.717, 1.165) is 69.8 Å². The summed E-state index contributed by atoms with van der Waals surface area (Å²) in [5, 5.41) is 3.58. The van der Waals surface area contributed by atoms with Gasteiger partial charge in [-0.15, -0.1) is 0 Å². The van der Waals surface area contributed by atoms with Crippen molar-refractivity contribution in [2.45, 2.75) is 114 Å². The van der Waals surface area contributed by atoms with Crippen molar-refractivity contribution in [3.05, 3.63) is 35.6 Å². The number of ether oxygens (including phenoxy) is 1. The van der Waals surface area contributed by atoms with Crippen molar-refractivity contribution in [2.24, 2.45) is 23.5 Å². The van der Waals surface area contributed by atoms with Gasteiger partial charge >= 0.3 is 0 Å². The number of Topliss-reactive ketones (excluding diaryl/α,β-unsaturated/α-hetero) is 1. The largest absolute Gasteiger partial charge is 0.376 e. The Kier molecular flexibility index (Phi) is 9.91. The lowest BCUT2D eigenvalue weighted by molar-refractivity contribution is -0.124. The molecule has 0 amide bonds. The molecule has 8 atom stereocenters. The summed E-state index contributed by atoms with van der Waals surface area (Å²) in [6.45, 7) is 6.10. The van der Waals surface area contributed by atoms with Crippen LogP contribution >= 0.6 is 0 Å². The van der Waals surface area contributed by atoms with Crippen LogP contribution in [0.5, 0.6) is 0 Å². The van der Waals surface area contributed by atoms with E-state index < -0.39 is 16.1 Å². The Hall–Kier alpha value is -1.39. The fourth-order valence-corrected chi connectivity index (χ4v) is 10.0. The van der Waals surface area contributed by atoms with Crippen molar-refractivity contribution in [3.63, 3.8) is 0 Å². The number of nitrogens with one attached hydrogen (secondary N) is 1. The molecule has 7 nitrogen and oxygen atoms in total. The number of fused-ring (bicyclic) bond motifs is 2. The summed E-state index contributed by atoms with van der Waals surface area (Å²) in [5.74, 6) is 0.732. The number of hydrogen-bond acceptors (Lipinski definition) is 6. The van der Waals surface area contributed by atoms with Crippen LogP contribution in [0.1, 0.15) is 96.0 Å². The molecule has 0 aromatic heterocycles. The number of ketones is 1. The predicted molar refractivity (Wildman–Crippen MR) is 159 cm³/mol. The number of carbonyl (C=O) groups excluding carboxylic acids is 1. The first kappa shape index (κ1) is 31.0. The van der Waals surface area contributed by atoms with E-state index in [1.807, 2.05) is 0 Å². The second-order valence-corrected chi connectivity index (χ2v) is 15.8. The van der Waals surface area contributed by atoms with Crippen molar-refractivity contribution in [1.82, 2.24) is 9.62 Å². The van der Waals surface area contributed by atoms with Gasteiger partial charge in [0.25, 0.3) is 0 Å². The third-order valence-electron chi connectivity index (χ3n) is 10.4. The Labute approximate surface area is 246 Å². The zero-order valence-electron chi connectivity index (χ0n) is 24.9. The molecule has 3 aliphatic heterocycles. The van der Waals surface area contributed by atoms with Crippen LogP contribution in [0.15, 0.2) is 24.3 Å². The summed E-state index contributed by atoms with van der Waals surface area (Å²) in [6, 6.07) is 6.12. The molecule has 0 radical (unpaired) electrons. The van der Waals surface area contributed by atoms with Crippen LogP contribution in [0.2, 0.25) is 0 Å². The van der Waals surface area contributed by atoms with Gasteiger partial charge in [-0.25, -0.2) is 12.8 Å². The summed E-state index contributed by atoms with van der Waals surface area (Å²) >= 11 is 0. The minimum atomic E-state index is -3.21. The number of nitrogens with zero attached hydrogens (tertiary/aromatic N) is 1. The average molecular weight is 592 g/mol. The van der Waals surface area contributed by atoms with Crippen LogP contribution in [0.3, 0.4) is 0 Å². The Morgan fingerprint density at radius 3 is 2.56 bits per heavy atom. The molecule has 230 valence electrons. The maximum absolute atomic E-state index is 13.9. The Morgan fingerprint density at radius 1 is 1.10 bits per heavy atom. The molecule has 1 aromatic carbocycles. The summed E-state index contributed by atoms with van der Waals surface area (Å²) in [7, 11) is -3.21. The second kappa shape index (κ2) is 13.1. The summed E-state index contributed by atoms with van der Waals surface area (Å²) in [5.41, 5.74) is 7.48. The molecule has 3 heterocycles. The molecule has 3 N–H and O–H groups in total. The number of benzene rings is 1. The van der Waals surface area contributed by atoms with E-state index in [1.54, 1.807) is 16.4 Å². The van der Waals surface area contributed by atoms with Crippen LogP contribution in [0, 0.1) is 23.6 Å². The SMILES string of the molecule is CC1(C)C[C@@H]([C@H](c2ccc(F)cc2)[C@H](N)C(=O)C[C@H]2CCCC[C@@H]2CC[C@H]2CN[C@@H]3CCCS(=O)(=O)N2C3)CCO1. The lowest BCUT2D eigenvalue weighted by Gasteiger charge is -2.41. The number of carbonyl (C=O) groups is 1. The van der Waals surface area contributed by atoms with Crippen molar-refractivity contribution >= 4 is 15.8 Å². The van der Waals surface area contributed by atoms with Crippen LogP contribution in [-0.4, -0.2) is 67.7 Å². The van der Waals surface area contributed by atoms with Crippen molar-refractivity contribution in [2.75, 3.05) is 25.4 Å². The molecule has 1 unspecified atom stereocenters. The van der Waals surface area contributed by atoms with Crippen LogP contribution in [0.4, 0.5) is 4.39 Å². The second-order valence-electron chi connectivity index (χ2n) is 13.8. The van der Waals surface area contributed by atoms with Crippen molar-refractivity contribution < 1.29 is 22.3 Å². The molecule has 1 saturated carbocycles. The number of nitrogens with two attached hydrogens (primary N) is 1. The highest BCUT2D eigenvalue weighted by atomic mass is 32.2. The minimum Gasteiger partial charge on any atom is -0.376 e. The van der Waals surface area contributed by atoms with Crippen LogP contribution in [0.25, 0.3) is 0 Å². The van der Waals surface area contributed by atoms with Gasteiger partial charge in [-0.1, -0.05) is 31.4 Å². The van der Waals surface area contributed by atoms with E-state index >= 15 is 0 Å². The normalized spacial score (nSPS) is 34.7. The van der Waals surface area contributed by atoms with Crippen LogP contribution < -0.4 is 11.1 Å². The highest BCUT2D eigenvalue weighted by molar-refractivity contribution is 7.89. The summed E-state index contributed by atoms with van der Waals surface area (Å²) < 4.78 is 47.4. The molecule has 4 fully saturated rings. The number of piperazine rings is 1. The van der Waals surface area contributed by atoms with E-state index in [9.17, 15) is 17.6 Å². The Bertz CT molecular complexity index is 1140. The zero-order valence-corrected chi connectivity index (χ0v) is 25.7. The van der Waals surface area contributed by atoms with E-state index in [0.29, 0.717) is 32.0 Å². The maximum atomic E-state index is 13.9. The van der Waals surface area contributed by atoms with Crippen molar-refractivity contribution in [3.8, 4) is 0 Å². The molecule has 2 bridgehead atoms. The average Bonchev–Trinajstić information content (AvgIpc) is 3.04. The monoisotopic (exact) mass is 591 g/mol. The summed E-state index contributed by atoms with van der Waals surface area (Å²) in [6.07, 6.45) is 9.87. The number of sulfonamides is 1. The number of rotatable bonds is 9. The first-order valence-electron chi connectivity index (χ1n) is 15.9. The smallest absolute Gasteiger partial charge is 0.214 e.